The van der Waals surface area contributed by atoms with Crippen molar-refractivity contribution in [2.75, 3.05) is 17.2 Å². The average molecular weight is 256 g/mol. The number of nitrogen functional groups attached to an aromatic ring is 3. The summed E-state index contributed by atoms with van der Waals surface area (Å²) in [7, 11) is 1.88. The van der Waals surface area contributed by atoms with Crippen LogP contribution in [0, 0.1) is 0 Å². The van der Waals surface area contributed by atoms with E-state index in [9.17, 15) is 0 Å². The highest BCUT2D eigenvalue weighted by Gasteiger charge is 2.14. The summed E-state index contributed by atoms with van der Waals surface area (Å²) in [5.74, 6) is 0.649. The fraction of sp³-hybridized carbons (Fsp3) is 0.0909. The van der Waals surface area contributed by atoms with Gasteiger partial charge in [0.1, 0.15) is 11.6 Å². The second kappa shape index (κ2) is 3.80. The molecule has 6 N–H and O–H groups in total. The van der Waals surface area contributed by atoms with Crippen LogP contribution < -0.4 is 17.2 Å². The molecule has 3 heterocycles. The Bertz CT molecular complexity index is 770. The predicted molar refractivity (Wildman–Crippen MR) is 72.8 cm³/mol. The highest BCUT2D eigenvalue weighted by atomic mass is 15.1. The van der Waals surface area contributed by atoms with Gasteiger partial charge in [0.25, 0.3) is 0 Å². The standard InChI is InChI=1S/C11H12N8/c1-19-3-6(15-4-19)5-2-7(12)16-10-8(5)9(13)17-11(14)18-10/h2-4H,1H3,(H6,12,13,14,16,17,18). The zero-order valence-electron chi connectivity index (χ0n) is 10.2. The van der Waals surface area contributed by atoms with Gasteiger partial charge in [0.05, 0.1) is 17.4 Å². The van der Waals surface area contributed by atoms with Crippen LogP contribution >= 0.6 is 0 Å². The molecule has 0 unspecified atom stereocenters. The monoisotopic (exact) mass is 256 g/mol. The van der Waals surface area contributed by atoms with Crippen LogP contribution in [-0.4, -0.2) is 24.5 Å². The maximum atomic E-state index is 5.91. The Morgan fingerprint density at radius 3 is 2.58 bits per heavy atom. The number of anilines is 3. The smallest absolute Gasteiger partial charge is 0.224 e. The summed E-state index contributed by atoms with van der Waals surface area (Å²) in [4.78, 5) is 16.4. The van der Waals surface area contributed by atoms with E-state index in [1.54, 1.807) is 12.4 Å². The molecule has 0 aliphatic heterocycles. The fourth-order valence-corrected chi connectivity index (χ4v) is 1.95. The van der Waals surface area contributed by atoms with Crippen molar-refractivity contribution < 1.29 is 0 Å². The van der Waals surface area contributed by atoms with Gasteiger partial charge in [-0.15, -0.1) is 0 Å². The van der Waals surface area contributed by atoms with Crippen LogP contribution in [0.3, 0.4) is 0 Å². The first-order valence-electron chi connectivity index (χ1n) is 5.52. The molecule has 0 aromatic carbocycles. The molecular weight excluding hydrogens is 244 g/mol. The summed E-state index contributed by atoms with van der Waals surface area (Å²) in [6, 6.07) is 1.70. The molecule has 0 saturated carbocycles. The summed E-state index contributed by atoms with van der Waals surface area (Å²) in [5.41, 5.74) is 19.1. The molecule has 0 radical (unpaired) electrons. The second-order valence-electron chi connectivity index (χ2n) is 4.18. The third kappa shape index (κ3) is 1.79. The maximum absolute atomic E-state index is 5.91. The van der Waals surface area contributed by atoms with Crippen LogP contribution in [0.15, 0.2) is 18.6 Å². The lowest BCUT2D eigenvalue weighted by Crippen LogP contribution is -2.04. The molecule has 3 rings (SSSR count). The minimum absolute atomic E-state index is 0.0649. The molecule has 8 nitrogen and oxygen atoms in total. The van der Waals surface area contributed by atoms with E-state index < -0.39 is 0 Å². The summed E-state index contributed by atoms with van der Waals surface area (Å²) in [5, 5.41) is 0.599. The van der Waals surface area contributed by atoms with E-state index in [0.29, 0.717) is 16.9 Å². The van der Waals surface area contributed by atoms with Crippen molar-refractivity contribution in [3.63, 3.8) is 0 Å². The lowest BCUT2D eigenvalue weighted by molar-refractivity contribution is 0.913. The van der Waals surface area contributed by atoms with Gasteiger partial charge in [0.15, 0.2) is 5.65 Å². The highest BCUT2D eigenvalue weighted by molar-refractivity contribution is 6.00. The first kappa shape index (κ1) is 11.2. The molecule has 0 saturated heterocycles. The fourth-order valence-electron chi connectivity index (χ4n) is 1.95. The minimum atomic E-state index is 0.0649. The molecular formula is C11H12N8. The lowest BCUT2D eigenvalue weighted by atomic mass is 10.1. The summed E-state index contributed by atoms with van der Waals surface area (Å²) in [6.45, 7) is 0. The summed E-state index contributed by atoms with van der Waals surface area (Å²) < 4.78 is 1.83. The Kier molecular flexibility index (Phi) is 2.24. The van der Waals surface area contributed by atoms with Gasteiger partial charge in [-0.25, -0.2) is 9.97 Å². The summed E-state index contributed by atoms with van der Waals surface area (Å²) >= 11 is 0. The molecule has 0 spiro atoms. The van der Waals surface area contributed by atoms with Crippen LogP contribution in [-0.2, 0) is 7.05 Å². The van der Waals surface area contributed by atoms with Crippen molar-refractivity contribution in [3.8, 4) is 11.3 Å². The van der Waals surface area contributed by atoms with E-state index in [1.165, 1.54) is 0 Å². The molecule has 3 aromatic heterocycles. The molecule has 8 heteroatoms. The first-order chi connectivity index (χ1) is 9.04. The molecule has 0 aliphatic carbocycles. The quantitative estimate of drug-likeness (QED) is 0.564. The van der Waals surface area contributed by atoms with Gasteiger partial charge in [-0.3, -0.25) is 0 Å². The molecule has 0 fully saturated rings. The highest BCUT2D eigenvalue weighted by Crippen LogP contribution is 2.30. The van der Waals surface area contributed by atoms with Gasteiger partial charge in [-0.2, -0.15) is 9.97 Å². The molecule has 0 bridgehead atoms. The summed E-state index contributed by atoms with van der Waals surface area (Å²) in [6.07, 6.45) is 3.54. The molecule has 0 atom stereocenters. The van der Waals surface area contributed by atoms with E-state index in [1.807, 2.05) is 17.8 Å². The van der Waals surface area contributed by atoms with Crippen LogP contribution in [0.2, 0.25) is 0 Å². The lowest BCUT2D eigenvalue weighted by Gasteiger charge is -2.07. The van der Waals surface area contributed by atoms with Crippen molar-refractivity contribution in [1.82, 2.24) is 24.5 Å². The maximum Gasteiger partial charge on any atom is 0.224 e. The zero-order chi connectivity index (χ0) is 13.6. The second-order valence-corrected chi connectivity index (χ2v) is 4.18. The van der Waals surface area contributed by atoms with Gasteiger partial charge in [-0.05, 0) is 6.07 Å². The number of hydrogen-bond donors (Lipinski definition) is 3. The van der Waals surface area contributed by atoms with E-state index in [2.05, 4.69) is 19.9 Å². The third-order valence-electron chi connectivity index (χ3n) is 2.71. The number of imidazole rings is 1. The zero-order valence-corrected chi connectivity index (χ0v) is 10.2. The molecule has 0 amide bonds. The van der Waals surface area contributed by atoms with E-state index in [-0.39, 0.29) is 11.8 Å². The number of nitrogens with two attached hydrogens (primary N) is 3. The average Bonchev–Trinajstić information content (AvgIpc) is 2.73. The number of aromatic nitrogens is 5. The Morgan fingerprint density at radius 1 is 1.11 bits per heavy atom. The first-order valence-corrected chi connectivity index (χ1v) is 5.52. The van der Waals surface area contributed by atoms with E-state index in [4.69, 9.17) is 17.2 Å². The van der Waals surface area contributed by atoms with Gasteiger partial charge in [-0.1, -0.05) is 0 Å². The number of nitrogens with zero attached hydrogens (tertiary/aromatic N) is 5. The third-order valence-corrected chi connectivity index (χ3v) is 2.71. The van der Waals surface area contributed by atoms with Crippen molar-refractivity contribution in [3.05, 3.63) is 18.6 Å². The van der Waals surface area contributed by atoms with Crippen LogP contribution in [0.25, 0.3) is 22.3 Å². The van der Waals surface area contributed by atoms with Gasteiger partial charge in [0, 0.05) is 18.8 Å². The molecule has 0 aliphatic rings. The van der Waals surface area contributed by atoms with E-state index in [0.717, 1.165) is 11.3 Å². The van der Waals surface area contributed by atoms with Crippen LogP contribution in [0.5, 0.6) is 0 Å². The molecule has 3 aromatic rings. The van der Waals surface area contributed by atoms with Crippen LogP contribution in [0.4, 0.5) is 17.6 Å². The largest absolute Gasteiger partial charge is 0.384 e. The van der Waals surface area contributed by atoms with Crippen molar-refractivity contribution in [1.29, 1.82) is 0 Å². The Morgan fingerprint density at radius 2 is 1.89 bits per heavy atom. The van der Waals surface area contributed by atoms with Crippen molar-refractivity contribution in [2.24, 2.45) is 7.05 Å². The number of aryl methyl sites for hydroxylation is 1. The molecule has 96 valence electrons. The van der Waals surface area contributed by atoms with Crippen molar-refractivity contribution in [2.45, 2.75) is 0 Å². The Hall–Kier alpha value is -2.90. The van der Waals surface area contributed by atoms with Crippen LogP contribution in [0.1, 0.15) is 0 Å². The van der Waals surface area contributed by atoms with Gasteiger partial charge in [0.2, 0.25) is 5.95 Å². The number of rotatable bonds is 1. The Labute approximate surface area is 108 Å². The number of fused-ring (bicyclic) bond motifs is 1. The van der Waals surface area contributed by atoms with Gasteiger partial charge >= 0.3 is 0 Å². The minimum Gasteiger partial charge on any atom is -0.384 e. The Balaban J connectivity index is 2.41. The topological polar surface area (TPSA) is 135 Å². The normalized spacial score (nSPS) is 11.0. The predicted octanol–water partition coefficient (Wildman–Crippen LogP) is 0.172. The number of hydrogen-bond acceptors (Lipinski definition) is 7. The van der Waals surface area contributed by atoms with Gasteiger partial charge < -0.3 is 21.8 Å². The van der Waals surface area contributed by atoms with E-state index >= 15 is 0 Å². The van der Waals surface area contributed by atoms with Crippen molar-refractivity contribution >= 4 is 28.6 Å². The SMILES string of the molecule is Cn1cnc(-c2cc(N)nc3nc(N)nc(N)c23)c1. The molecule has 19 heavy (non-hydrogen) atoms. The number of pyridine rings is 1.